The van der Waals surface area contributed by atoms with Crippen molar-refractivity contribution in [3.63, 3.8) is 0 Å². The van der Waals surface area contributed by atoms with Gasteiger partial charge in [-0.1, -0.05) is 23.7 Å². The molecule has 2 N–H and O–H groups in total. The van der Waals surface area contributed by atoms with Crippen LogP contribution in [0.5, 0.6) is 11.5 Å². The summed E-state index contributed by atoms with van der Waals surface area (Å²) >= 11 is 6.16. The van der Waals surface area contributed by atoms with Crippen molar-refractivity contribution in [2.45, 2.75) is 31.7 Å². The summed E-state index contributed by atoms with van der Waals surface area (Å²) in [7, 11) is 0. The van der Waals surface area contributed by atoms with Gasteiger partial charge in [0.25, 0.3) is 0 Å². The van der Waals surface area contributed by atoms with Crippen LogP contribution in [0, 0.1) is 0 Å². The summed E-state index contributed by atoms with van der Waals surface area (Å²) in [6.07, 6.45) is -4.56. The number of aromatic hydroxyl groups is 1. The van der Waals surface area contributed by atoms with E-state index in [4.69, 9.17) is 21.3 Å². The molecule has 0 spiro atoms. The summed E-state index contributed by atoms with van der Waals surface area (Å²) in [6.45, 7) is 2.46. The van der Waals surface area contributed by atoms with Gasteiger partial charge in [-0.25, -0.2) is 0 Å². The van der Waals surface area contributed by atoms with Crippen LogP contribution in [-0.2, 0) is 6.18 Å². The molecule has 0 fully saturated rings. The van der Waals surface area contributed by atoms with Crippen molar-refractivity contribution in [1.82, 2.24) is 5.32 Å². The van der Waals surface area contributed by atoms with E-state index in [9.17, 15) is 18.3 Å². The number of nitrogens with one attached hydrogen (secondary N) is 1. The quantitative estimate of drug-likeness (QED) is 0.433. The van der Waals surface area contributed by atoms with Crippen molar-refractivity contribution in [3.05, 3.63) is 94.0 Å². The number of nitrogens with zero attached hydrogens (tertiary/aromatic N) is 1. The molecule has 3 aromatic carbocycles. The van der Waals surface area contributed by atoms with E-state index in [1.807, 2.05) is 31.2 Å². The molecule has 3 aromatic rings. The first-order chi connectivity index (χ1) is 15.7. The van der Waals surface area contributed by atoms with Gasteiger partial charge in [0.05, 0.1) is 12.2 Å². The molecule has 8 heteroatoms. The maximum Gasteiger partial charge on any atom is 0.416 e. The highest BCUT2D eigenvalue weighted by atomic mass is 35.5. The van der Waals surface area contributed by atoms with Crippen molar-refractivity contribution in [1.29, 1.82) is 0 Å². The molecule has 0 saturated heterocycles. The van der Waals surface area contributed by atoms with Gasteiger partial charge in [-0.3, -0.25) is 10.3 Å². The fourth-order valence-electron chi connectivity index (χ4n) is 3.82. The molecule has 0 unspecified atom stereocenters. The molecule has 2 atom stereocenters. The third-order valence-electron chi connectivity index (χ3n) is 5.46. The highest BCUT2D eigenvalue weighted by molar-refractivity contribution is 6.30. The number of hydrogen-bond acceptors (Lipinski definition) is 4. The highest BCUT2D eigenvalue weighted by Crippen LogP contribution is 2.37. The SMILES string of the molecule is CCOc1ccc(C2=N[C@H](c3ccc(C(F)(F)F)cc3)N[C@@H](c3cc(Cl)ccc3O)C2)cc1. The Morgan fingerprint density at radius 3 is 2.39 bits per heavy atom. The minimum Gasteiger partial charge on any atom is -0.508 e. The molecule has 0 saturated carbocycles. The fourth-order valence-corrected chi connectivity index (χ4v) is 4.00. The van der Waals surface area contributed by atoms with E-state index >= 15 is 0 Å². The molecule has 0 bridgehead atoms. The Morgan fingerprint density at radius 1 is 1.06 bits per heavy atom. The standard InChI is InChI=1S/C25H22ClF3N2O2/c1-2-33-19-10-5-15(6-11-19)21-14-22(20-13-18(26)9-12-23(20)32)31-24(30-21)16-3-7-17(8-4-16)25(27,28)29/h3-13,22,24,31-32H,2,14H2,1H3/t22-,24+/m1/s1. The zero-order valence-electron chi connectivity index (χ0n) is 17.7. The maximum absolute atomic E-state index is 13.0. The van der Waals surface area contributed by atoms with Crippen molar-refractivity contribution >= 4 is 17.3 Å². The highest BCUT2D eigenvalue weighted by Gasteiger charge is 2.31. The molecule has 4 rings (SSSR count). The van der Waals surface area contributed by atoms with E-state index in [1.54, 1.807) is 12.1 Å². The second-order valence-electron chi connectivity index (χ2n) is 7.68. The van der Waals surface area contributed by atoms with Gasteiger partial charge in [0.1, 0.15) is 17.7 Å². The third-order valence-corrected chi connectivity index (χ3v) is 5.69. The third kappa shape index (κ3) is 5.31. The Kier molecular flexibility index (Phi) is 6.63. The van der Waals surface area contributed by atoms with Crippen LogP contribution in [-0.4, -0.2) is 17.4 Å². The fraction of sp³-hybridized carbons (Fsp3) is 0.240. The van der Waals surface area contributed by atoms with Crippen molar-refractivity contribution in [3.8, 4) is 11.5 Å². The summed E-state index contributed by atoms with van der Waals surface area (Å²) in [6, 6.07) is 16.9. The predicted molar refractivity (Wildman–Crippen MR) is 122 cm³/mol. The largest absolute Gasteiger partial charge is 0.508 e. The van der Waals surface area contributed by atoms with Crippen LogP contribution >= 0.6 is 11.6 Å². The van der Waals surface area contributed by atoms with Gasteiger partial charge in [-0.05, 0) is 72.6 Å². The summed E-state index contributed by atoms with van der Waals surface area (Å²) in [5.41, 5.74) is 2.08. The van der Waals surface area contributed by atoms with Crippen LogP contribution < -0.4 is 10.1 Å². The lowest BCUT2D eigenvalue weighted by Gasteiger charge is -2.31. The first-order valence-corrected chi connectivity index (χ1v) is 10.8. The normalized spacial score (nSPS) is 18.6. The van der Waals surface area contributed by atoms with Crippen molar-refractivity contribution < 1.29 is 23.0 Å². The molecule has 1 heterocycles. The zero-order chi connectivity index (χ0) is 23.6. The minimum atomic E-state index is -4.41. The Morgan fingerprint density at radius 2 is 1.76 bits per heavy atom. The number of ether oxygens (including phenoxy) is 1. The Hall–Kier alpha value is -3.03. The van der Waals surface area contributed by atoms with Gasteiger partial charge >= 0.3 is 6.18 Å². The number of alkyl halides is 3. The molecule has 4 nitrogen and oxygen atoms in total. The lowest BCUT2D eigenvalue weighted by molar-refractivity contribution is -0.137. The van der Waals surface area contributed by atoms with E-state index in [1.165, 1.54) is 18.2 Å². The molecular weight excluding hydrogens is 453 g/mol. The Labute approximate surface area is 194 Å². The van der Waals surface area contributed by atoms with Crippen LogP contribution in [0.3, 0.4) is 0 Å². The summed E-state index contributed by atoms with van der Waals surface area (Å²) in [5.74, 6) is 0.815. The molecule has 0 radical (unpaired) electrons. The Bertz CT molecular complexity index is 1150. The first kappa shape index (κ1) is 23.1. The average Bonchev–Trinajstić information content (AvgIpc) is 2.80. The number of aliphatic imine (C=N–C) groups is 1. The number of benzene rings is 3. The molecule has 0 amide bonds. The zero-order valence-corrected chi connectivity index (χ0v) is 18.5. The Balaban J connectivity index is 1.72. The van der Waals surface area contributed by atoms with E-state index in [0.29, 0.717) is 29.2 Å². The lowest BCUT2D eigenvalue weighted by Crippen LogP contribution is -2.33. The van der Waals surface area contributed by atoms with Gasteiger partial charge in [0, 0.05) is 28.8 Å². The van der Waals surface area contributed by atoms with Gasteiger partial charge in [0.15, 0.2) is 0 Å². The van der Waals surface area contributed by atoms with Crippen LogP contribution in [0.4, 0.5) is 13.2 Å². The summed E-state index contributed by atoms with van der Waals surface area (Å²) in [4.78, 5) is 4.79. The second kappa shape index (κ2) is 9.45. The number of phenolic OH excluding ortho intramolecular Hbond substituents is 1. The summed E-state index contributed by atoms with van der Waals surface area (Å²) in [5, 5.41) is 14.2. The predicted octanol–water partition coefficient (Wildman–Crippen LogP) is 6.69. The van der Waals surface area contributed by atoms with E-state index in [0.717, 1.165) is 29.2 Å². The van der Waals surface area contributed by atoms with Gasteiger partial charge < -0.3 is 9.84 Å². The molecule has 1 aliphatic rings. The van der Waals surface area contributed by atoms with Gasteiger partial charge in [-0.15, -0.1) is 0 Å². The molecular formula is C25H22ClF3N2O2. The first-order valence-electron chi connectivity index (χ1n) is 10.5. The van der Waals surface area contributed by atoms with Gasteiger partial charge in [-0.2, -0.15) is 13.2 Å². The topological polar surface area (TPSA) is 53.8 Å². The molecule has 172 valence electrons. The van der Waals surface area contributed by atoms with Crippen LogP contribution in [0.15, 0.2) is 71.7 Å². The molecule has 0 aromatic heterocycles. The summed E-state index contributed by atoms with van der Waals surface area (Å²) < 4.78 is 44.5. The van der Waals surface area contributed by atoms with Crippen LogP contribution in [0.25, 0.3) is 0 Å². The smallest absolute Gasteiger partial charge is 0.416 e. The second-order valence-corrected chi connectivity index (χ2v) is 8.12. The number of rotatable bonds is 5. The van der Waals surface area contributed by atoms with Crippen molar-refractivity contribution in [2.75, 3.05) is 6.61 Å². The molecule has 33 heavy (non-hydrogen) atoms. The maximum atomic E-state index is 13.0. The van der Waals surface area contributed by atoms with Crippen LogP contribution in [0.2, 0.25) is 5.02 Å². The van der Waals surface area contributed by atoms with E-state index in [2.05, 4.69) is 5.32 Å². The molecule has 0 aliphatic carbocycles. The molecule has 1 aliphatic heterocycles. The number of hydrogen-bond donors (Lipinski definition) is 2. The van der Waals surface area contributed by atoms with E-state index < -0.39 is 17.9 Å². The monoisotopic (exact) mass is 474 g/mol. The van der Waals surface area contributed by atoms with E-state index in [-0.39, 0.29) is 11.8 Å². The van der Waals surface area contributed by atoms with Crippen molar-refractivity contribution in [2.24, 2.45) is 4.99 Å². The number of halogens is 4. The minimum absolute atomic E-state index is 0.0796. The number of phenols is 1. The van der Waals surface area contributed by atoms with Gasteiger partial charge in [0.2, 0.25) is 0 Å². The van der Waals surface area contributed by atoms with Crippen LogP contribution in [0.1, 0.15) is 47.8 Å². The lowest BCUT2D eigenvalue weighted by atomic mass is 9.93. The average molecular weight is 475 g/mol.